The van der Waals surface area contributed by atoms with Crippen molar-refractivity contribution >= 4 is 23.1 Å². The summed E-state index contributed by atoms with van der Waals surface area (Å²) >= 11 is 0. The standard InChI is InChI=1S/C22H19FN2O6/c23-15-8-6-13(7-9-15)20(26)18-19(14-3-1-4-16(11-14)25(29)30)24(22(28)21(18)27)12-17-5-2-10-31-17/h1,3-4,6-9,11,17,19,26H,2,5,10,12H2/t17-,19-/m1/s1. The number of nitrogens with zero attached hydrogens (tertiary/aromatic N) is 2. The molecule has 0 aliphatic carbocycles. The van der Waals surface area contributed by atoms with E-state index in [4.69, 9.17) is 4.74 Å². The molecular weight excluding hydrogens is 407 g/mol. The van der Waals surface area contributed by atoms with Crippen LogP contribution in [0.15, 0.2) is 54.1 Å². The molecule has 4 rings (SSSR count). The number of carbonyl (C=O) groups is 2. The number of Topliss-reactive ketones (excluding diaryl/α,β-unsaturated/α-hetero) is 1. The molecule has 2 atom stereocenters. The zero-order valence-corrected chi connectivity index (χ0v) is 16.4. The van der Waals surface area contributed by atoms with E-state index in [1.165, 1.54) is 35.2 Å². The SMILES string of the molecule is O=C1C(=O)N(C[C@H]2CCCO2)[C@H](c2cccc([N+](=O)[O-])c2)C1=C(O)c1ccc(F)cc1. The number of non-ortho nitro benzene ring substituents is 1. The van der Waals surface area contributed by atoms with Gasteiger partial charge in [-0.15, -0.1) is 0 Å². The molecule has 0 bridgehead atoms. The third kappa shape index (κ3) is 3.91. The number of hydrogen-bond donors (Lipinski definition) is 1. The Labute approximate surface area is 176 Å². The molecule has 1 N–H and O–H groups in total. The minimum Gasteiger partial charge on any atom is -0.507 e. The van der Waals surface area contributed by atoms with Gasteiger partial charge in [-0.05, 0) is 42.7 Å². The number of carbonyl (C=O) groups excluding carboxylic acids is 2. The second kappa shape index (κ2) is 8.27. The average Bonchev–Trinajstić information content (AvgIpc) is 3.36. The molecule has 1 amide bonds. The average molecular weight is 426 g/mol. The van der Waals surface area contributed by atoms with Crippen LogP contribution in [0.2, 0.25) is 0 Å². The molecule has 0 aromatic heterocycles. The first-order chi connectivity index (χ1) is 14.9. The fraction of sp³-hybridized carbons (Fsp3) is 0.273. The zero-order chi connectivity index (χ0) is 22.1. The fourth-order valence-electron chi connectivity index (χ4n) is 3.99. The van der Waals surface area contributed by atoms with Gasteiger partial charge in [0.05, 0.1) is 22.6 Å². The van der Waals surface area contributed by atoms with Crippen LogP contribution >= 0.6 is 0 Å². The summed E-state index contributed by atoms with van der Waals surface area (Å²) in [6.45, 7) is 0.657. The van der Waals surface area contributed by atoms with Gasteiger partial charge in [0.2, 0.25) is 0 Å². The number of halogens is 1. The van der Waals surface area contributed by atoms with Gasteiger partial charge in [0.25, 0.3) is 17.4 Å². The molecule has 8 nitrogen and oxygen atoms in total. The highest BCUT2D eigenvalue weighted by Crippen LogP contribution is 2.40. The largest absolute Gasteiger partial charge is 0.507 e. The number of nitro groups is 1. The Morgan fingerprint density at radius 3 is 2.61 bits per heavy atom. The highest BCUT2D eigenvalue weighted by molar-refractivity contribution is 6.46. The lowest BCUT2D eigenvalue weighted by molar-refractivity contribution is -0.384. The van der Waals surface area contributed by atoms with Crippen LogP contribution in [-0.4, -0.2) is 45.9 Å². The smallest absolute Gasteiger partial charge is 0.295 e. The van der Waals surface area contributed by atoms with E-state index < -0.39 is 34.2 Å². The summed E-state index contributed by atoms with van der Waals surface area (Å²) in [5.41, 5.74) is 0.0686. The third-order valence-electron chi connectivity index (χ3n) is 5.48. The van der Waals surface area contributed by atoms with Crippen LogP contribution in [0.5, 0.6) is 0 Å². The lowest BCUT2D eigenvalue weighted by atomic mass is 9.95. The first-order valence-corrected chi connectivity index (χ1v) is 9.77. The van der Waals surface area contributed by atoms with Gasteiger partial charge in [0.15, 0.2) is 0 Å². The minimum atomic E-state index is -1.03. The van der Waals surface area contributed by atoms with E-state index in [9.17, 15) is 29.2 Å². The zero-order valence-electron chi connectivity index (χ0n) is 16.4. The Bertz CT molecular complexity index is 1080. The topological polar surface area (TPSA) is 110 Å². The van der Waals surface area contributed by atoms with Crippen molar-refractivity contribution in [2.45, 2.75) is 25.0 Å². The van der Waals surface area contributed by atoms with Gasteiger partial charge in [-0.2, -0.15) is 0 Å². The third-order valence-corrected chi connectivity index (χ3v) is 5.48. The Morgan fingerprint density at radius 2 is 1.97 bits per heavy atom. The lowest BCUT2D eigenvalue weighted by Crippen LogP contribution is -2.36. The quantitative estimate of drug-likeness (QED) is 0.258. The summed E-state index contributed by atoms with van der Waals surface area (Å²) in [6, 6.07) is 9.40. The number of ether oxygens (including phenoxy) is 1. The molecular formula is C22H19FN2O6. The first kappa shape index (κ1) is 20.7. The van der Waals surface area contributed by atoms with Crippen molar-refractivity contribution in [3.05, 3.63) is 81.2 Å². The van der Waals surface area contributed by atoms with Crippen LogP contribution in [0, 0.1) is 15.9 Å². The van der Waals surface area contributed by atoms with E-state index in [0.717, 1.165) is 18.6 Å². The number of ketones is 1. The van der Waals surface area contributed by atoms with Gasteiger partial charge in [-0.25, -0.2) is 4.39 Å². The highest BCUT2D eigenvalue weighted by Gasteiger charge is 2.47. The predicted octanol–water partition coefficient (Wildman–Crippen LogP) is 3.33. The summed E-state index contributed by atoms with van der Waals surface area (Å²) in [4.78, 5) is 37.8. The molecule has 2 aromatic rings. The summed E-state index contributed by atoms with van der Waals surface area (Å²) in [5.74, 6) is -2.72. The van der Waals surface area contributed by atoms with Crippen molar-refractivity contribution in [2.24, 2.45) is 0 Å². The summed E-state index contributed by atoms with van der Waals surface area (Å²) in [6.07, 6.45) is 1.26. The van der Waals surface area contributed by atoms with Crippen molar-refractivity contribution in [3.63, 3.8) is 0 Å². The molecule has 0 spiro atoms. The molecule has 0 saturated carbocycles. The molecule has 2 aliphatic rings. The van der Waals surface area contributed by atoms with Crippen molar-refractivity contribution in [1.29, 1.82) is 0 Å². The molecule has 2 heterocycles. The Morgan fingerprint density at radius 1 is 1.23 bits per heavy atom. The molecule has 2 saturated heterocycles. The van der Waals surface area contributed by atoms with E-state index in [1.54, 1.807) is 6.07 Å². The van der Waals surface area contributed by atoms with Crippen molar-refractivity contribution in [2.75, 3.05) is 13.2 Å². The number of rotatable bonds is 5. The fourth-order valence-corrected chi connectivity index (χ4v) is 3.99. The molecule has 2 aromatic carbocycles. The van der Waals surface area contributed by atoms with E-state index in [1.807, 2.05) is 0 Å². The minimum absolute atomic E-state index is 0.109. The summed E-state index contributed by atoms with van der Waals surface area (Å²) in [7, 11) is 0. The Balaban J connectivity index is 1.85. The molecule has 31 heavy (non-hydrogen) atoms. The molecule has 0 radical (unpaired) electrons. The number of aliphatic hydroxyl groups is 1. The maximum atomic E-state index is 13.3. The number of likely N-dealkylation sites (tertiary alicyclic amines) is 1. The molecule has 160 valence electrons. The molecule has 2 fully saturated rings. The Hall–Kier alpha value is -3.59. The van der Waals surface area contributed by atoms with E-state index >= 15 is 0 Å². The number of amides is 1. The molecule has 2 aliphatic heterocycles. The van der Waals surface area contributed by atoms with Crippen LogP contribution in [0.1, 0.15) is 30.0 Å². The van der Waals surface area contributed by atoms with E-state index in [-0.39, 0.29) is 29.5 Å². The number of benzene rings is 2. The highest BCUT2D eigenvalue weighted by atomic mass is 19.1. The second-order valence-electron chi connectivity index (χ2n) is 7.45. The normalized spacial score (nSPS) is 22.8. The van der Waals surface area contributed by atoms with Crippen LogP contribution in [-0.2, 0) is 14.3 Å². The number of hydrogen-bond acceptors (Lipinski definition) is 6. The van der Waals surface area contributed by atoms with Crippen LogP contribution in [0.3, 0.4) is 0 Å². The maximum absolute atomic E-state index is 13.3. The van der Waals surface area contributed by atoms with Crippen molar-refractivity contribution in [1.82, 2.24) is 4.90 Å². The van der Waals surface area contributed by atoms with Crippen molar-refractivity contribution < 1.29 is 28.7 Å². The van der Waals surface area contributed by atoms with Gasteiger partial charge in [-0.1, -0.05) is 12.1 Å². The number of aliphatic hydroxyl groups excluding tert-OH is 1. The van der Waals surface area contributed by atoms with E-state index in [2.05, 4.69) is 0 Å². The van der Waals surface area contributed by atoms with Crippen LogP contribution in [0.25, 0.3) is 5.76 Å². The van der Waals surface area contributed by atoms with Crippen LogP contribution in [0.4, 0.5) is 10.1 Å². The Kier molecular flexibility index (Phi) is 5.51. The van der Waals surface area contributed by atoms with Gasteiger partial charge in [-0.3, -0.25) is 19.7 Å². The van der Waals surface area contributed by atoms with Gasteiger partial charge in [0, 0.05) is 30.8 Å². The molecule has 0 unspecified atom stereocenters. The summed E-state index contributed by atoms with van der Waals surface area (Å²) < 4.78 is 18.9. The van der Waals surface area contributed by atoms with Gasteiger partial charge in [0.1, 0.15) is 11.6 Å². The second-order valence-corrected chi connectivity index (χ2v) is 7.45. The van der Waals surface area contributed by atoms with Crippen molar-refractivity contribution in [3.8, 4) is 0 Å². The first-order valence-electron chi connectivity index (χ1n) is 9.77. The predicted molar refractivity (Wildman–Crippen MR) is 107 cm³/mol. The molecule has 9 heteroatoms. The summed E-state index contributed by atoms with van der Waals surface area (Å²) in [5, 5.41) is 22.1. The monoisotopic (exact) mass is 426 g/mol. The van der Waals surface area contributed by atoms with E-state index in [0.29, 0.717) is 18.6 Å². The number of nitro benzene ring substituents is 1. The van der Waals surface area contributed by atoms with Gasteiger partial charge >= 0.3 is 0 Å². The maximum Gasteiger partial charge on any atom is 0.295 e. The van der Waals surface area contributed by atoms with Crippen LogP contribution < -0.4 is 0 Å². The van der Waals surface area contributed by atoms with Gasteiger partial charge < -0.3 is 14.7 Å². The lowest BCUT2D eigenvalue weighted by Gasteiger charge is -2.27.